The van der Waals surface area contributed by atoms with Crippen LogP contribution in [0, 0.1) is 29.1 Å². The van der Waals surface area contributed by atoms with E-state index in [1.165, 1.54) is 0 Å². The molecule has 3 aliphatic rings. The summed E-state index contributed by atoms with van der Waals surface area (Å²) in [5, 5.41) is 12.8. The van der Waals surface area contributed by atoms with E-state index >= 15 is 0 Å². The lowest BCUT2D eigenvalue weighted by molar-refractivity contribution is -0.127. The number of amides is 2. The summed E-state index contributed by atoms with van der Waals surface area (Å²) >= 11 is 0. The van der Waals surface area contributed by atoms with Crippen molar-refractivity contribution in [3.8, 4) is 0 Å². The number of nitrogens with one attached hydrogen (secondary N) is 1. The van der Waals surface area contributed by atoms with Crippen LogP contribution < -0.4 is 11.1 Å². The van der Waals surface area contributed by atoms with Crippen LogP contribution in [0.3, 0.4) is 0 Å². The van der Waals surface area contributed by atoms with E-state index in [1.54, 1.807) is 0 Å². The molecule has 3 saturated carbocycles. The molecule has 3 aliphatic carbocycles. The fraction of sp³-hybridized carbons (Fsp3) is 0.800. The van der Waals surface area contributed by atoms with Crippen molar-refractivity contribution in [3.63, 3.8) is 0 Å². The number of rotatable bonds is 14. The fourth-order valence-corrected chi connectivity index (χ4v) is 4.98. The van der Waals surface area contributed by atoms with Gasteiger partial charge in [0, 0.05) is 25.5 Å². The number of carbonyl (C=O) groups excluding carboxylic acids is 2. The maximum absolute atomic E-state index is 12.5. The number of unbranched alkanes of at least 4 members (excludes halogenated alkanes) is 2. The van der Waals surface area contributed by atoms with Gasteiger partial charge in [-0.25, -0.2) is 0 Å². The van der Waals surface area contributed by atoms with Crippen molar-refractivity contribution in [1.82, 2.24) is 5.32 Å². The van der Waals surface area contributed by atoms with Crippen LogP contribution in [0.15, 0.2) is 12.3 Å². The monoisotopic (exact) mass is 380 g/mol. The van der Waals surface area contributed by atoms with Crippen molar-refractivity contribution >= 4 is 11.8 Å². The summed E-state index contributed by atoms with van der Waals surface area (Å²) in [6, 6.07) is 0. The standard InChI is InChI=1S/C20H32N2O5/c1-13(23)17-14-11-20(14)12-15(20)18(17)19(25)22-6-8-27-10-9-26-7-4-2-3-5-16(21)24/h14-15,17-18,23H,1-12H2,(H2,21,24)(H,22,25). The van der Waals surface area contributed by atoms with Gasteiger partial charge in [-0.2, -0.15) is 0 Å². The molecule has 0 aromatic heterocycles. The first-order valence-corrected chi connectivity index (χ1v) is 10.1. The highest BCUT2D eigenvalue weighted by molar-refractivity contribution is 5.81. The highest BCUT2D eigenvalue weighted by Gasteiger charge is 2.81. The molecule has 4 N–H and O–H groups in total. The van der Waals surface area contributed by atoms with Crippen molar-refractivity contribution in [3.05, 3.63) is 12.3 Å². The first-order valence-electron chi connectivity index (χ1n) is 10.1. The van der Waals surface area contributed by atoms with Crippen LogP contribution >= 0.6 is 0 Å². The highest BCUT2D eigenvalue weighted by atomic mass is 16.5. The van der Waals surface area contributed by atoms with E-state index in [0.717, 1.165) is 32.1 Å². The predicted molar refractivity (Wildman–Crippen MR) is 99.7 cm³/mol. The number of allylic oxidation sites excluding steroid dienone is 1. The van der Waals surface area contributed by atoms with Crippen LogP contribution in [0.1, 0.15) is 38.5 Å². The second-order valence-corrected chi connectivity index (χ2v) is 8.19. The summed E-state index contributed by atoms with van der Waals surface area (Å²) in [7, 11) is 0. The van der Waals surface area contributed by atoms with Crippen molar-refractivity contribution in [1.29, 1.82) is 0 Å². The maximum atomic E-state index is 12.5. The molecule has 1 spiro atoms. The normalized spacial score (nSPS) is 32.4. The smallest absolute Gasteiger partial charge is 0.224 e. The Morgan fingerprint density at radius 1 is 1.04 bits per heavy atom. The molecule has 0 aliphatic heterocycles. The van der Waals surface area contributed by atoms with Gasteiger partial charge in [0.05, 0.1) is 31.5 Å². The van der Waals surface area contributed by atoms with Crippen LogP contribution in [0.4, 0.5) is 0 Å². The van der Waals surface area contributed by atoms with Gasteiger partial charge in [-0.3, -0.25) is 9.59 Å². The molecule has 0 bridgehead atoms. The number of hydrogen-bond donors (Lipinski definition) is 3. The molecular formula is C20H32N2O5. The molecule has 7 heteroatoms. The lowest BCUT2D eigenvalue weighted by Crippen LogP contribution is -2.38. The number of nitrogens with two attached hydrogens (primary N) is 1. The number of hydrogen-bond acceptors (Lipinski definition) is 5. The van der Waals surface area contributed by atoms with Crippen LogP contribution in [0.25, 0.3) is 0 Å². The summed E-state index contributed by atoms with van der Waals surface area (Å²) in [5.41, 5.74) is 5.44. The number of carbonyl (C=O) groups is 2. The minimum atomic E-state index is -0.255. The first-order chi connectivity index (χ1) is 13.0. The van der Waals surface area contributed by atoms with Gasteiger partial charge < -0.3 is 25.6 Å². The van der Waals surface area contributed by atoms with Gasteiger partial charge in [0.1, 0.15) is 0 Å². The van der Waals surface area contributed by atoms with Gasteiger partial charge >= 0.3 is 0 Å². The zero-order chi connectivity index (χ0) is 19.4. The summed E-state index contributed by atoms with van der Waals surface area (Å²) in [5.74, 6) is 0.691. The molecule has 0 aromatic rings. The third kappa shape index (κ3) is 4.63. The summed E-state index contributed by atoms with van der Waals surface area (Å²) in [4.78, 5) is 23.1. The molecule has 2 amide bonds. The maximum Gasteiger partial charge on any atom is 0.224 e. The average molecular weight is 380 g/mol. The minimum absolute atomic E-state index is 0.0279. The topological polar surface area (TPSA) is 111 Å². The average Bonchev–Trinajstić information content (AvgIpc) is 3.50. The van der Waals surface area contributed by atoms with Crippen molar-refractivity contribution in [2.45, 2.75) is 38.5 Å². The molecule has 3 fully saturated rings. The van der Waals surface area contributed by atoms with Crippen molar-refractivity contribution in [2.75, 3.05) is 33.0 Å². The summed E-state index contributed by atoms with van der Waals surface area (Å²) < 4.78 is 10.9. The Balaban J connectivity index is 1.17. The van der Waals surface area contributed by atoms with E-state index in [2.05, 4.69) is 11.9 Å². The molecule has 5 atom stereocenters. The third-order valence-corrected chi connectivity index (χ3v) is 6.43. The Kier molecular flexibility index (Phi) is 6.42. The van der Waals surface area contributed by atoms with Gasteiger partial charge in [-0.15, -0.1) is 0 Å². The number of aliphatic hydroxyl groups excluding tert-OH is 1. The molecule has 7 nitrogen and oxygen atoms in total. The van der Waals surface area contributed by atoms with Gasteiger partial charge in [-0.1, -0.05) is 13.0 Å². The number of aliphatic hydroxyl groups is 1. The van der Waals surface area contributed by atoms with E-state index in [-0.39, 0.29) is 29.4 Å². The van der Waals surface area contributed by atoms with Crippen LogP contribution in [-0.4, -0.2) is 49.9 Å². The Labute approximate surface area is 160 Å². The van der Waals surface area contributed by atoms with Gasteiger partial charge in [-0.05, 0) is 42.9 Å². The largest absolute Gasteiger partial charge is 0.513 e. The van der Waals surface area contributed by atoms with Gasteiger partial charge in [0.25, 0.3) is 0 Å². The van der Waals surface area contributed by atoms with E-state index in [4.69, 9.17) is 15.2 Å². The fourth-order valence-electron chi connectivity index (χ4n) is 4.98. The zero-order valence-corrected chi connectivity index (χ0v) is 16.0. The molecule has 0 aromatic carbocycles. The van der Waals surface area contributed by atoms with E-state index < -0.39 is 0 Å². The van der Waals surface area contributed by atoms with Gasteiger partial charge in [0.2, 0.25) is 11.8 Å². The first kappa shape index (κ1) is 20.1. The second kappa shape index (κ2) is 8.61. The minimum Gasteiger partial charge on any atom is -0.513 e. The zero-order valence-electron chi connectivity index (χ0n) is 16.0. The van der Waals surface area contributed by atoms with Crippen molar-refractivity contribution < 1.29 is 24.2 Å². The molecule has 5 unspecified atom stereocenters. The Morgan fingerprint density at radius 2 is 1.70 bits per heavy atom. The SMILES string of the molecule is C=C(O)C1C(C(=O)NCCOCCOCCCCCC(N)=O)C2CC23CC13. The second-order valence-electron chi connectivity index (χ2n) is 8.19. The molecule has 0 saturated heterocycles. The lowest BCUT2D eigenvalue weighted by Gasteiger charge is -2.22. The molecule has 152 valence electrons. The molecule has 0 heterocycles. The Bertz CT molecular complexity index is 581. The quantitative estimate of drug-likeness (QED) is 0.313. The van der Waals surface area contributed by atoms with Crippen LogP contribution in [-0.2, 0) is 19.1 Å². The lowest BCUT2D eigenvalue weighted by atomic mass is 9.86. The molecule has 3 rings (SSSR count). The van der Waals surface area contributed by atoms with Crippen molar-refractivity contribution in [2.24, 2.45) is 34.8 Å². The molecule has 0 radical (unpaired) electrons. The van der Waals surface area contributed by atoms with E-state index in [1.807, 2.05) is 0 Å². The summed E-state index contributed by atoms with van der Waals surface area (Å²) in [6.07, 6.45) is 5.37. The summed E-state index contributed by atoms with van der Waals surface area (Å²) in [6.45, 7) is 6.26. The van der Waals surface area contributed by atoms with Gasteiger partial charge in [0.15, 0.2) is 0 Å². The van der Waals surface area contributed by atoms with E-state index in [9.17, 15) is 14.7 Å². The highest BCUT2D eigenvalue weighted by Crippen LogP contribution is 2.85. The van der Waals surface area contributed by atoms with Crippen LogP contribution in [0.5, 0.6) is 0 Å². The molecule has 27 heavy (non-hydrogen) atoms. The Hall–Kier alpha value is -1.60. The number of ether oxygens (including phenoxy) is 2. The Morgan fingerprint density at radius 3 is 2.37 bits per heavy atom. The number of primary amides is 1. The molecular weight excluding hydrogens is 348 g/mol. The predicted octanol–water partition coefficient (Wildman–Crippen LogP) is 1.53. The van der Waals surface area contributed by atoms with E-state index in [0.29, 0.717) is 56.6 Å². The third-order valence-electron chi connectivity index (χ3n) is 6.43. The van der Waals surface area contributed by atoms with Crippen LogP contribution in [0.2, 0.25) is 0 Å².